The fraction of sp³-hybridized carbons (Fsp3) is 0.200. The average molecular weight is 354 g/mol. The molecule has 1 atom stereocenters. The van der Waals surface area contributed by atoms with Crippen LogP contribution in [0.15, 0.2) is 54.6 Å². The summed E-state index contributed by atoms with van der Waals surface area (Å²) in [5, 5.41) is 3.70. The third-order valence-electron chi connectivity index (χ3n) is 4.03. The molecule has 0 unspecified atom stereocenters. The van der Waals surface area contributed by atoms with Crippen LogP contribution in [0.5, 0.6) is 0 Å². The number of carbonyl (C=O) groups excluding carboxylic acids is 1. The van der Waals surface area contributed by atoms with Crippen LogP contribution in [0.4, 0.5) is 4.39 Å². The molecule has 0 aliphatic carbocycles. The topological polar surface area (TPSA) is 42.0 Å². The van der Waals surface area contributed by atoms with Crippen molar-refractivity contribution in [1.29, 1.82) is 0 Å². The van der Waals surface area contributed by atoms with Crippen molar-refractivity contribution >= 4 is 17.2 Å². The first-order chi connectivity index (χ1) is 12.0. The van der Waals surface area contributed by atoms with Gasteiger partial charge in [0.05, 0.1) is 5.69 Å². The zero-order valence-electron chi connectivity index (χ0n) is 14.1. The molecule has 0 fully saturated rings. The number of carbonyl (C=O) groups is 1. The monoisotopic (exact) mass is 354 g/mol. The summed E-state index contributed by atoms with van der Waals surface area (Å²) in [6, 6.07) is 16.2. The third kappa shape index (κ3) is 4.12. The summed E-state index contributed by atoms with van der Waals surface area (Å²) >= 11 is 1.33. The summed E-state index contributed by atoms with van der Waals surface area (Å²) in [5.74, 6) is -0.175. The third-order valence-corrected chi connectivity index (χ3v) is 5.24. The maximum atomic E-state index is 13.0. The minimum atomic E-state index is -0.287. The number of benzene rings is 2. The highest BCUT2D eigenvalue weighted by molar-refractivity contribution is 7.17. The molecule has 1 heterocycles. The molecular formula is C20H19FN2OS. The lowest BCUT2D eigenvalue weighted by Crippen LogP contribution is -2.27. The predicted molar refractivity (Wildman–Crippen MR) is 99.4 cm³/mol. The van der Waals surface area contributed by atoms with Crippen LogP contribution >= 0.6 is 11.3 Å². The fourth-order valence-electron chi connectivity index (χ4n) is 2.55. The van der Waals surface area contributed by atoms with Gasteiger partial charge in [0.1, 0.15) is 15.7 Å². The number of halogens is 1. The Balaban J connectivity index is 1.69. The van der Waals surface area contributed by atoms with Gasteiger partial charge in [0.25, 0.3) is 5.91 Å². The van der Waals surface area contributed by atoms with Crippen LogP contribution in [-0.4, -0.2) is 17.4 Å². The number of thiazole rings is 1. The van der Waals surface area contributed by atoms with Crippen LogP contribution in [0.1, 0.15) is 33.8 Å². The van der Waals surface area contributed by atoms with E-state index in [4.69, 9.17) is 0 Å². The largest absolute Gasteiger partial charge is 0.351 e. The lowest BCUT2D eigenvalue weighted by atomic mass is 10.0. The van der Waals surface area contributed by atoms with E-state index in [1.807, 2.05) is 25.1 Å². The maximum absolute atomic E-state index is 13.0. The van der Waals surface area contributed by atoms with Gasteiger partial charge in [-0.2, -0.15) is 0 Å². The van der Waals surface area contributed by atoms with Gasteiger partial charge in [0, 0.05) is 12.1 Å². The summed E-state index contributed by atoms with van der Waals surface area (Å²) < 4.78 is 13.0. The van der Waals surface area contributed by atoms with E-state index in [-0.39, 0.29) is 17.6 Å². The van der Waals surface area contributed by atoms with Gasteiger partial charge < -0.3 is 5.32 Å². The Morgan fingerprint density at radius 3 is 2.52 bits per heavy atom. The summed E-state index contributed by atoms with van der Waals surface area (Å²) in [6.45, 7) is 4.46. The number of nitrogens with zero attached hydrogens (tertiary/aromatic N) is 1. The van der Waals surface area contributed by atoms with E-state index in [2.05, 4.69) is 29.4 Å². The first-order valence-electron chi connectivity index (χ1n) is 8.11. The highest BCUT2D eigenvalue weighted by Crippen LogP contribution is 2.28. The number of hydrogen-bond donors (Lipinski definition) is 1. The summed E-state index contributed by atoms with van der Waals surface area (Å²) in [4.78, 5) is 17.5. The number of rotatable bonds is 5. The second kappa shape index (κ2) is 7.57. The van der Waals surface area contributed by atoms with Gasteiger partial charge in [-0.15, -0.1) is 11.3 Å². The van der Waals surface area contributed by atoms with Crippen molar-refractivity contribution in [2.45, 2.75) is 19.8 Å². The van der Waals surface area contributed by atoms with Gasteiger partial charge in [0.2, 0.25) is 0 Å². The van der Waals surface area contributed by atoms with E-state index in [1.54, 1.807) is 12.1 Å². The van der Waals surface area contributed by atoms with Crippen molar-refractivity contribution in [3.05, 3.63) is 76.5 Å². The van der Waals surface area contributed by atoms with Crippen LogP contribution < -0.4 is 5.32 Å². The average Bonchev–Trinajstić information content (AvgIpc) is 3.02. The lowest BCUT2D eigenvalue weighted by Gasteiger charge is -2.12. The highest BCUT2D eigenvalue weighted by atomic mass is 32.1. The summed E-state index contributed by atoms with van der Waals surface area (Å²) in [7, 11) is 0. The molecule has 0 spiro atoms. The van der Waals surface area contributed by atoms with Gasteiger partial charge >= 0.3 is 0 Å². The van der Waals surface area contributed by atoms with Gasteiger partial charge in [-0.1, -0.05) is 37.3 Å². The van der Waals surface area contributed by atoms with Gasteiger partial charge in [-0.3, -0.25) is 4.79 Å². The zero-order valence-corrected chi connectivity index (χ0v) is 14.9. The molecule has 5 heteroatoms. The smallest absolute Gasteiger partial charge is 0.263 e. The van der Waals surface area contributed by atoms with Crippen LogP contribution in [0.3, 0.4) is 0 Å². The van der Waals surface area contributed by atoms with Crippen molar-refractivity contribution in [2.75, 3.05) is 6.54 Å². The van der Waals surface area contributed by atoms with Crippen molar-refractivity contribution in [1.82, 2.24) is 10.3 Å². The Morgan fingerprint density at radius 2 is 1.84 bits per heavy atom. The molecule has 1 amide bonds. The molecular weight excluding hydrogens is 335 g/mol. The summed E-state index contributed by atoms with van der Waals surface area (Å²) in [6.07, 6.45) is 0. The van der Waals surface area contributed by atoms with Crippen molar-refractivity contribution in [2.24, 2.45) is 0 Å². The molecule has 0 bridgehead atoms. The lowest BCUT2D eigenvalue weighted by molar-refractivity contribution is 0.0955. The molecule has 0 radical (unpaired) electrons. The minimum absolute atomic E-state index is 0.119. The summed E-state index contributed by atoms with van der Waals surface area (Å²) in [5.41, 5.74) is 2.69. The van der Waals surface area contributed by atoms with Crippen molar-refractivity contribution in [3.8, 4) is 10.6 Å². The second-order valence-corrected chi connectivity index (χ2v) is 6.96. The highest BCUT2D eigenvalue weighted by Gasteiger charge is 2.17. The minimum Gasteiger partial charge on any atom is -0.351 e. The van der Waals surface area contributed by atoms with E-state index in [0.717, 1.165) is 10.6 Å². The van der Waals surface area contributed by atoms with E-state index in [0.29, 0.717) is 17.1 Å². The van der Waals surface area contributed by atoms with E-state index in [9.17, 15) is 9.18 Å². The van der Waals surface area contributed by atoms with Crippen LogP contribution in [0.2, 0.25) is 0 Å². The molecule has 0 aliphatic heterocycles. The SMILES string of the molecule is Cc1nc(-c2ccc(F)cc2)sc1C(=O)NC[C@@H](C)c1ccccc1. The Bertz CT molecular complexity index is 859. The number of aromatic nitrogens is 1. The molecule has 1 aromatic heterocycles. The molecule has 25 heavy (non-hydrogen) atoms. The fourth-order valence-corrected chi connectivity index (χ4v) is 3.54. The number of amides is 1. The molecule has 0 aliphatic rings. The van der Waals surface area contributed by atoms with Crippen LogP contribution in [-0.2, 0) is 0 Å². The Morgan fingerprint density at radius 1 is 1.16 bits per heavy atom. The molecule has 3 rings (SSSR count). The first kappa shape index (κ1) is 17.3. The van der Waals surface area contributed by atoms with Crippen LogP contribution in [0, 0.1) is 12.7 Å². The number of aryl methyl sites for hydroxylation is 1. The van der Waals surface area contributed by atoms with Crippen molar-refractivity contribution in [3.63, 3.8) is 0 Å². The molecule has 1 N–H and O–H groups in total. The Kier molecular flexibility index (Phi) is 5.24. The number of hydrogen-bond acceptors (Lipinski definition) is 3. The van der Waals surface area contributed by atoms with Crippen LogP contribution in [0.25, 0.3) is 10.6 Å². The van der Waals surface area contributed by atoms with Gasteiger partial charge in [0.15, 0.2) is 0 Å². The maximum Gasteiger partial charge on any atom is 0.263 e. The number of nitrogens with one attached hydrogen (secondary N) is 1. The molecule has 128 valence electrons. The Labute approximate surface area is 150 Å². The molecule has 2 aromatic carbocycles. The van der Waals surface area contributed by atoms with Crippen molar-refractivity contribution < 1.29 is 9.18 Å². The quantitative estimate of drug-likeness (QED) is 0.716. The molecule has 0 saturated carbocycles. The van der Waals surface area contributed by atoms with Gasteiger partial charge in [-0.05, 0) is 42.7 Å². The Hall–Kier alpha value is -2.53. The second-order valence-electron chi connectivity index (χ2n) is 5.96. The molecule has 3 nitrogen and oxygen atoms in total. The van der Waals surface area contributed by atoms with E-state index >= 15 is 0 Å². The van der Waals surface area contributed by atoms with Gasteiger partial charge in [-0.25, -0.2) is 9.37 Å². The van der Waals surface area contributed by atoms with E-state index < -0.39 is 0 Å². The molecule has 0 saturated heterocycles. The predicted octanol–water partition coefficient (Wildman–Crippen LogP) is 4.79. The zero-order chi connectivity index (χ0) is 17.8. The first-order valence-corrected chi connectivity index (χ1v) is 8.92. The molecule has 3 aromatic rings. The normalized spacial score (nSPS) is 12.0. The standard InChI is InChI=1S/C20H19FN2OS/c1-13(15-6-4-3-5-7-15)12-22-19(24)18-14(2)23-20(25-18)16-8-10-17(21)11-9-16/h3-11,13H,12H2,1-2H3,(H,22,24)/t13-/m1/s1. The van der Waals surface area contributed by atoms with E-state index in [1.165, 1.54) is 29.0 Å².